The summed E-state index contributed by atoms with van der Waals surface area (Å²) in [6, 6.07) is 7.56. The van der Waals surface area contributed by atoms with Crippen LogP contribution in [0.3, 0.4) is 0 Å². The molecular formula is C20H30O2. The van der Waals surface area contributed by atoms with E-state index < -0.39 is 5.97 Å². The third-order valence-electron chi connectivity index (χ3n) is 5.47. The van der Waals surface area contributed by atoms with Gasteiger partial charge in [-0.05, 0) is 54.7 Å². The Bertz CT molecular complexity index is 463. The van der Waals surface area contributed by atoms with Gasteiger partial charge in [0.25, 0.3) is 0 Å². The molecule has 22 heavy (non-hydrogen) atoms. The van der Waals surface area contributed by atoms with Gasteiger partial charge >= 0.3 is 5.97 Å². The molecular weight excluding hydrogens is 272 g/mol. The summed E-state index contributed by atoms with van der Waals surface area (Å²) in [7, 11) is 0. The molecule has 1 saturated carbocycles. The van der Waals surface area contributed by atoms with E-state index in [9.17, 15) is 4.79 Å². The van der Waals surface area contributed by atoms with Gasteiger partial charge in [-0.2, -0.15) is 0 Å². The summed E-state index contributed by atoms with van der Waals surface area (Å²) in [6.07, 6.45) is 10.6. The number of aromatic carboxylic acids is 1. The number of unbranched alkanes of at least 4 members (excludes halogenated alkanes) is 2. The van der Waals surface area contributed by atoms with Crippen molar-refractivity contribution in [1.29, 1.82) is 0 Å². The lowest BCUT2D eigenvalue weighted by atomic mass is 9.69. The van der Waals surface area contributed by atoms with E-state index in [0.29, 0.717) is 11.5 Å². The summed E-state index contributed by atoms with van der Waals surface area (Å²) < 4.78 is 0. The summed E-state index contributed by atoms with van der Waals surface area (Å²) in [5.41, 5.74) is 1.72. The molecule has 0 aromatic heterocycles. The minimum absolute atomic E-state index is 0.393. The van der Waals surface area contributed by atoms with Crippen LogP contribution in [0.1, 0.15) is 87.1 Å². The van der Waals surface area contributed by atoms with E-state index in [-0.39, 0.29) is 0 Å². The normalized spacial score (nSPS) is 25.1. The minimum Gasteiger partial charge on any atom is -0.478 e. The van der Waals surface area contributed by atoms with Crippen LogP contribution in [0, 0.1) is 11.8 Å². The Morgan fingerprint density at radius 1 is 1.09 bits per heavy atom. The fourth-order valence-electron chi connectivity index (χ4n) is 4.06. The molecule has 2 heteroatoms. The van der Waals surface area contributed by atoms with Crippen molar-refractivity contribution in [2.45, 2.75) is 71.1 Å². The van der Waals surface area contributed by atoms with Crippen LogP contribution in [-0.2, 0) is 0 Å². The first-order valence-electron chi connectivity index (χ1n) is 8.98. The number of benzene rings is 1. The van der Waals surface area contributed by atoms with E-state index in [1.807, 2.05) is 12.1 Å². The first-order chi connectivity index (χ1) is 10.7. The number of carboxylic acids is 1. The fraction of sp³-hybridized carbons (Fsp3) is 0.650. The van der Waals surface area contributed by atoms with Gasteiger partial charge in [-0.1, -0.05) is 58.1 Å². The minimum atomic E-state index is -0.836. The van der Waals surface area contributed by atoms with Crippen molar-refractivity contribution >= 4 is 5.97 Å². The first kappa shape index (κ1) is 17.1. The Morgan fingerprint density at radius 2 is 1.82 bits per heavy atom. The molecule has 1 aliphatic rings. The van der Waals surface area contributed by atoms with Crippen LogP contribution < -0.4 is 0 Å². The number of hydrogen-bond acceptors (Lipinski definition) is 1. The predicted octanol–water partition coefficient (Wildman–Crippen LogP) is 5.88. The summed E-state index contributed by atoms with van der Waals surface area (Å²) in [4.78, 5) is 11.0. The lowest BCUT2D eigenvalue weighted by molar-refractivity contribution is 0.0697. The van der Waals surface area contributed by atoms with Crippen molar-refractivity contribution in [3.8, 4) is 0 Å². The average molecular weight is 302 g/mol. The van der Waals surface area contributed by atoms with Gasteiger partial charge in [0.2, 0.25) is 0 Å². The third kappa shape index (κ3) is 4.34. The Morgan fingerprint density at radius 3 is 2.41 bits per heavy atom. The molecule has 1 N–H and O–H groups in total. The molecule has 0 amide bonds. The van der Waals surface area contributed by atoms with E-state index in [2.05, 4.69) is 13.8 Å². The van der Waals surface area contributed by atoms with Crippen molar-refractivity contribution in [3.05, 3.63) is 35.4 Å². The van der Waals surface area contributed by atoms with Crippen LogP contribution in [0.25, 0.3) is 0 Å². The lowest BCUT2D eigenvalue weighted by Crippen LogP contribution is -2.23. The molecule has 0 bridgehead atoms. The number of carbonyl (C=O) groups is 1. The number of carboxylic acid groups (broad SMARTS) is 1. The molecule has 1 aliphatic carbocycles. The highest BCUT2D eigenvalue weighted by molar-refractivity contribution is 5.87. The second-order valence-electron chi connectivity index (χ2n) is 6.86. The maximum atomic E-state index is 11.0. The third-order valence-corrected chi connectivity index (χ3v) is 5.47. The highest BCUT2D eigenvalue weighted by Gasteiger charge is 2.29. The quantitative estimate of drug-likeness (QED) is 0.639. The zero-order valence-electron chi connectivity index (χ0n) is 14.1. The Hall–Kier alpha value is -1.31. The van der Waals surface area contributed by atoms with Crippen LogP contribution in [0.2, 0.25) is 0 Å². The molecule has 2 nitrogen and oxygen atoms in total. The molecule has 0 radical (unpaired) electrons. The van der Waals surface area contributed by atoms with E-state index >= 15 is 0 Å². The highest BCUT2D eigenvalue weighted by atomic mass is 16.4. The Labute approximate surface area is 134 Å². The van der Waals surface area contributed by atoms with Gasteiger partial charge in [-0.15, -0.1) is 0 Å². The van der Waals surface area contributed by atoms with Crippen LogP contribution in [0.5, 0.6) is 0 Å². The second kappa shape index (κ2) is 8.36. The van der Waals surface area contributed by atoms with Gasteiger partial charge in [0.15, 0.2) is 0 Å². The summed E-state index contributed by atoms with van der Waals surface area (Å²) >= 11 is 0. The van der Waals surface area contributed by atoms with Crippen LogP contribution >= 0.6 is 0 Å². The van der Waals surface area contributed by atoms with Crippen molar-refractivity contribution < 1.29 is 9.90 Å². The summed E-state index contributed by atoms with van der Waals surface area (Å²) in [5, 5.41) is 9.00. The number of rotatable bonds is 7. The molecule has 1 aromatic rings. The van der Waals surface area contributed by atoms with Crippen molar-refractivity contribution in [2.75, 3.05) is 0 Å². The Kier molecular flexibility index (Phi) is 6.48. The SMILES string of the molecule is CCCCCC1CCC(c2ccc(C(=O)O)cc2)CC1CC. The van der Waals surface area contributed by atoms with E-state index in [1.54, 1.807) is 12.1 Å². The maximum Gasteiger partial charge on any atom is 0.335 e. The van der Waals surface area contributed by atoms with Gasteiger partial charge in [0.1, 0.15) is 0 Å². The smallest absolute Gasteiger partial charge is 0.335 e. The Balaban J connectivity index is 1.96. The molecule has 0 spiro atoms. The van der Waals surface area contributed by atoms with Crippen LogP contribution in [0.15, 0.2) is 24.3 Å². The highest BCUT2D eigenvalue weighted by Crippen LogP contribution is 2.43. The molecule has 3 unspecified atom stereocenters. The zero-order valence-corrected chi connectivity index (χ0v) is 14.1. The topological polar surface area (TPSA) is 37.3 Å². The molecule has 3 atom stereocenters. The van der Waals surface area contributed by atoms with Crippen molar-refractivity contribution in [2.24, 2.45) is 11.8 Å². The fourth-order valence-corrected chi connectivity index (χ4v) is 4.06. The van der Waals surface area contributed by atoms with Crippen molar-refractivity contribution in [1.82, 2.24) is 0 Å². The molecule has 2 rings (SSSR count). The van der Waals surface area contributed by atoms with Crippen LogP contribution in [0.4, 0.5) is 0 Å². The summed E-state index contributed by atoms with van der Waals surface area (Å²) in [5.74, 6) is 1.54. The van der Waals surface area contributed by atoms with E-state index in [0.717, 1.165) is 11.8 Å². The maximum absolute atomic E-state index is 11.0. The average Bonchev–Trinajstić information content (AvgIpc) is 2.55. The molecule has 0 aliphatic heterocycles. The van der Waals surface area contributed by atoms with E-state index in [1.165, 1.54) is 56.9 Å². The zero-order chi connectivity index (χ0) is 15.9. The molecule has 122 valence electrons. The van der Waals surface area contributed by atoms with E-state index in [4.69, 9.17) is 5.11 Å². The first-order valence-corrected chi connectivity index (χ1v) is 8.98. The lowest BCUT2D eigenvalue weighted by Gasteiger charge is -2.36. The standard InChI is InChI=1S/C20H30O2/c1-3-5-6-7-16-10-13-19(14-15(16)4-2)17-8-11-18(12-9-17)20(21)22/h8-9,11-12,15-16,19H,3-7,10,13-14H2,1-2H3,(H,21,22). The molecule has 0 heterocycles. The van der Waals surface area contributed by atoms with Crippen LogP contribution in [-0.4, -0.2) is 11.1 Å². The predicted molar refractivity (Wildman–Crippen MR) is 91.4 cm³/mol. The molecule has 1 aromatic carbocycles. The van der Waals surface area contributed by atoms with Gasteiger partial charge in [-0.25, -0.2) is 4.79 Å². The molecule has 0 saturated heterocycles. The monoisotopic (exact) mass is 302 g/mol. The molecule has 1 fully saturated rings. The van der Waals surface area contributed by atoms with Crippen molar-refractivity contribution in [3.63, 3.8) is 0 Å². The van der Waals surface area contributed by atoms with Gasteiger partial charge < -0.3 is 5.11 Å². The van der Waals surface area contributed by atoms with Gasteiger partial charge in [-0.3, -0.25) is 0 Å². The summed E-state index contributed by atoms with van der Waals surface area (Å²) in [6.45, 7) is 4.60. The van der Waals surface area contributed by atoms with Gasteiger partial charge in [0, 0.05) is 0 Å². The second-order valence-corrected chi connectivity index (χ2v) is 6.86. The number of hydrogen-bond donors (Lipinski definition) is 1. The largest absolute Gasteiger partial charge is 0.478 e. The van der Waals surface area contributed by atoms with Gasteiger partial charge in [0.05, 0.1) is 5.56 Å².